The predicted molar refractivity (Wildman–Crippen MR) is 86.7 cm³/mol. The Morgan fingerprint density at radius 3 is 2.57 bits per heavy atom. The number of Topliss-reactive ketones (excluding diaryl/α,β-unsaturated/α-hetero) is 1. The largest absolute Gasteiger partial charge is 0.351 e. The van der Waals surface area contributed by atoms with E-state index >= 15 is 0 Å². The number of amides is 1. The van der Waals surface area contributed by atoms with Crippen LogP contribution in [0.25, 0.3) is 0 Å². The van der Waals surface area contributed by atoms with Crippen molar-refractivity contribution >= 4 is 17.9 Å². The van der Waals surface area contributed by atoms with Crippen LogP contribution in [-0.2, 0) is 9.59 Å². The highest BCUT2D eigenvalue weighted by Gasteiger charge is 2.24. The summed E-state index contributed by atoms with van der Waals surface area (Å²) in [6.07, 6.45) is 11.3. The molecule has 0 saturated heterocycles. The second kappa shape index (κ2) is 10.5. The molecule has 0 radical (unpaired) electrons. The molecule has 1 atom stereocenters. The van der Waals surface area contributed by atoms with Crippen molar-refractivity contribution in [1.29, 1.82) is 0 Å². The molecule has 21 heavy (non-hydrogen) atoms. The maximum absolute atomic E-state index is 12.2. The van der Waals surface area contributed by atoms with Crippen LogP contribution in [0.2, 0.25) is 0 Å². The maximum atomic E-state index is 12.2. The highest BCUT2D eigenvalue weighted by Crippen LogP contribution is 2.25. The summed E-state index contributed by atoms with van der Waals surface area (Å²) < 4.78 is 0. The number of nitrogens with one attached hydrogen (secondary N) is 1. The van der Waals surface area contributed by atoms with E-state index < -0.39 is 0 Å². The summed E-state index contributed by atoms with van der Waals surface area (Å²) in [5.74, 6) is 0.166. The lowest BCUT2D eigenvalue weighted by molar-refractivity contribution is -0.124. The van der Waals surface area contributed by atoms with Crippen LogP contribution in [0.5, 0.6) is 0 Å². The molecule has 0 aromatic heterocycles. The topological polar surface area (TPSA) is 58.5 Å². The van der Waals surface area contributed by atoms with Crippen LogP contribution in [-0.4, -0.2) is 30.5 Å². The van der Waals surface area contributed by atoms with E-state index in [9.17, 15) is 9.59 Å². The quantitative estimate of drug-likeness (QED) is 0.524. The van der Waals surface area contributed by atoms with Gasteiger partial charge in [0.15, 0.2) is 5.78 Å². The third kappa shape index (κ3) is 7.39. The minimum absolute atomic E-state index is 0.156. The summed E-state index contributed by atoms with van der Waals surface area (Å²) in [6, 6.07) is -0.390. The lowest BCUT2D eigenvalue weighted by atomic mass is 9.84. The van der Waals surface area contributed by atoms with Gasteiger partial charge in [0.2, 0.25) is 0 Å². The molecule has 0 heterocycles. The van der Waals surface area contributed by atoms with Gasteiger partial charge in [0.05, 0.1) is 6.21 Å². The summed E-state index contributed by atoms with van der Waals surface area (Å²) in [4.78, 5) is 27.9. The molecule has 0 bridgehead atoms. The molecule has 0 unspecified atom stereocenters. The lowest BCUT2D eigenvalue weighted by Crippen LogP contribution is -2.29. The van der Waals surface area contributed by atoms with Gasteiger partial charge in [0, 0.05) is 12.5 Å². The fraction of sp³-hybridized carbons (Fsp3) is 0.824. The van der Waals surface area contributed by atoms with Crippen molar-refractivity contribution in [2.75, 3.05) is 6.54 Å². The van der Waals surface area contributed by atoms with Gasteiger partial charge < -0.3 is 5.32 Å². The molecule has 1 saturated carbocycles. The number of nitrogens with zero attached hydrogens (tertiary/aromatic N) is 1. The molecule has 1 rings (SSSR count). The van der Waals surface area contributed by atoms with E-state index in [1.165, 1.54) is 25.5 Å². The van der Waals surface area contributed by atoms with Crippen LogP contribution in [0.1, 0.15) is 71.6 Å². The van der Waals surface area contributed by atoms with Gasteiger partial charge >= 0.3 is 0 Å². The molecular formula is C17H30N2O2. The lowest BCUT2D eigenvalue weighted by Gasteiger charge is -2.21. The number of aliphatic imine (C=N–C) groups is 1. The summed E-state index contributed by atoms with van der Waals surface area (Å²) in [6.45, 7) is 4.65. The van der Waals surface area contributed by atoms with Gasteiger partial charge in [-0.25, -0.2) is 0 Å². The van der Waals surface area contributed by atoms with E-state index in [2.05, 4.69) is 17.2 Å². The number of carbonyl (C=O) groups excluding carboxylic acids is 2. The van der Waals surface area contributed by atoms with E-state index in [1.807, 2.05) is 0 Å². The third-order valence-electron chi connectivity index (χ3n) is 4.16. The highest BCUT2D eigenvalue weighted by atomic mass is 16.1. The molecule has 1 amide bonds. The molecule has 1 aliphatic rings. The van der Waals surface area contributed by atoms with Gasteiger partial charge in [0.25, 0.3) is 5.91 Å². The third-order valence-corrected chi connectivity index (χ3v) is 4.16. The zero-order valence-corrected chi connectivity index (χ0v) is 13.6. The molecule has 1 fully saturated rings. The van der Waals surface area contributed by atoms with Crippen LogP contribution in [0.3, 0.4) is 0 Å². The molecular weight excluding hydrogens is 264 g/mol. The molecule has 4 nitrogen and oxygen atoms in total. The second-order valence-corrected chi connectivity index (χ2v) is 6.04. The SMILES string of the molecule is CCCCCCNC(=O)C=N[C@@H](C)C(=O)C1CCCCC1. The predicted octanol–water partition coefficient (Wildman–Crippen LogP) is 3.29. The van der Waals surface area contributed by atoms with Crippen LogP contribution >= 0.6 is 0 Å². The highest BCUT2D eigenvalue weighted by molar-refractivity contribution is 6.26. The standard InChI is InChI=1S/C17H30N2O2/c1-3-4-5-9-12-18-16(20)13-19-14(2)17(21)15-10-7-6-8-11-15/h13-15H,3-12H2,1-2H3,(H,18,20)/t14-/m0/s1. The summed E-state index contributed by atoms with van der Waals surface area (Å²) in [7, 11) is 0. The number of ketones is 1. The Labute approximate surface area is 128 Å². The van der Waals surface area contributed by atoms with Gasteiger partial charge in [-0.15, -0.1) is 0 Å². The van der Waals surface area contributed by atoms with Gasteiger partial charge in [0.1, 0.15) is 6.04 Å². The second-order valence-electron chi connectivity index (χ2n) is 6.04. The Bertz CT molecular complexity index is 347. The van der Waals surface area contributed by atoms with E-state index in [0.29, 0.717) is 6.54 Å². The normalized spacial score (nSPS) is 17.8. The molecule has 1 N–H and O–H groups in total. The Morgan fingerprint density at radius 1 is 1.19 bits per heavy atom. The van der Waals surface area contributed by atoms with Crippen molar-refractivity contribution in [1.82, 2.24) is 5.32 Å². The molecule has 120 valence electrons. The molecule has 0 aliphatic heterocycles. The maximum Gasteiger partial charge on any atom is 0.261 e. The molecule has 0 spiro atoms. The summed E-state index contributed by atoms with van der Waals surface area (Å²) in [5, 5.41) is 2.82. The van der Waals surface area contributed by atoms with Crippen molar-refractivity contribution in [2.45, 2.75) is 77.7 Å². The van der Waals surface area contributed by atoms with Gasteiger partial charge in [-0.3, -0.25) is 14.6 Å². The Hall–Kier alpha value is -1.19. The van der Waals surface area contributed by atoms with Crippen LogP contribution in [0.15, 0.2) is 4.99 Å². The van der Waals surface area contributed by atoms with Crippen molar-refractivity contribution in [3.63, 3.8) is 0 Å². The Morgan fingerprint density at radius 2 is 1.90 bits per heavy atom. The van der Waals surface area contributed by atoms with Crippen molar-refractivity contribution in [3.8, 4) is 0 Å². The van der Waals surface area contributed by atoms with E-state index in [0.717, 1.165) is 38.5 Å². The smallest absolute Gasteiger partial charge is 0.261 e. The van der Waals surface area contributed by atoms with Crippen LogP contribution in [0, 0.1) is 5.92 Å². The summed E-state index contributed by atoms with van der Waals surface area (Å²) in [5.41, 5.74) is 0. The zero-order chi connectivity index (χ0) is 15.5. The van der Waals surface area contributed by atoms with E-state index in [-0.39, 0.29) is 23.7 Å². The number of unbranched alkanes of at least 4 members (excludes halogenated alkanes) is 3. The molecule has 4 heteroatoms. The van der Waals surface area contributed by atoms with Gasteiger partial charge in [-0.2, -0.15) is 0 Å². The number of rotatable bonds is 9. The number of hydrogen-bond donors (Lipinski definition) is 1. The minimum Gasteiger partial charge on any atom is -0.351 e. The van der Waals surface area contributed by atoms with Crippen LogP contribution in [0.4, 0.5) is 0 Å². The first-order valence-electron chi connectivity index (χ1n) is 8.50. The Kier molecular flexibility index (Phi) is 8.95. The van der Waals surface area contributed by atoms with E-state index in [4.69, 9.17) is 0 Å². The van der Waals surface area contributed by atoms with E-state index in [1.54, 1.807) is 6.92 Å². The number of hydrogen-bond acceptors (Lipinski definition) is 3. The fourth-order valence-electron chi connectivity index (χ4n) is 2.79. The van der Waals surface area contributed by atoms with Gasteiger partial charge in [-0.1, -0.05) is 45.4 Å². The van der Waals surface area contributed by atoms with Crippen LogP contribution < -0.4 is 5.32 Å². The molecule has 0 aromatic rings. The monoisotopic (exact) mass is 294 g/mol. The van der Waals surface area contributed by atoms with Crippen molar-refractivity contribution < 1.29 is 9.59 Å². The van der Waals surface area contributed by atoms with Gasteiger partial charge in [-0.05, 0) is 26.2 Å². The van der Waals surface area contributed by atoms with Crippen molar-refractivity contribution in [2.24, 2.45) is 10.9 Å². The minimum atomic E-state index is -0.390. The first kappa shape index (κ1) is 17.9. The zero-order valence-electron chi connectivity index (χ0n) is 13.6. The van der Waals surface area contributed by atoms with Crippen molar-refractivity contribution in [3.05, 3.63) is 0 Å². The molecule has 0 aromatic carbocycles. The number of carbonyl (C=O) groups is 2. The average molecular weight is 294 g/mol. The fourth-order valence-corrected chi connectivity index (χ4v) is 2.79. The summed E-state index contributed by atoms with van der Waals surface area (Å²) >= 11 is 0. The Balaban J connectivity index is 2.23. The first-order chi connectivity index (χ1) is 10.1. The molecule has 1 aliphatic carbocycles. The first-order valence-corrected chi connectivity index (χ1v) is 8.50. The average Bonchev–Trinajstić information content (AvgIpc) is 2.52.